The van der Waals surface area contributed by atoms with Crippen LogP contribution in [0, 0.1) is 0 Å². The van der Waals surface area contributed by atoms with Crippen LogP contribution >= 0.6 is 0 Å². The fourth-order valence-electron chi connectivity index (χ4n) is 1.62. The van der Waals surface area contributed by atoms with Crippen LogP contribution in [0.3, 0.4) is 0 Å². The van der Waals surface area contributed by atoms with Crippen molar-refractivity contribution in [2.45, 2.75) is 39.3 Å². The Balaban J connectivity index is 2.46. The third-order valence-corrected chi connectivity index (χ3v) is 2.30. The Morgan fingerprint density at radius 1 is 1.27 bits per heavy atom. The van der Waals surface area contributed by atoms with E-state index in [2.05, 4.69) is 31.3 Å². The van der Waals surface area contributed by atoms with Crippen LogP contribution < -0.4 is 5.32 Å². The zero-order chi connectivity index (χ0) is 11.3. The van der Waals surface area contributed by atoms with Crippen molar-refractivity contribution >= 4 is 5.78 Å². The molecule has 0 fully saturated rings. The first-order chi connectivity index (χ1) is 6.99. The minimum Gasteiger partial charge on any atom is -0.307 e. The van der Waals surface area contributed by atoms with Crippen LogP contribution in [0.4, 0.5) is 0 Å². The summed E-state index contributed by atoms with van der Waals surface area (Å²) in [4.78, 5) is 11.0. The van der Waals surface area contributed by atoms with Crippen LogP contribution in [-0.4, -0.2) is 11.3 Å². The van der Waals surface area contributed by atoms with Crippen LogP contribution in [0.25, 0.3) is 0 Å². The maximum atomic E-state index is 11.0. The normalized spacial score (nSPS) is 11.4. The average molecular weight is 205 g/mol. The summed E-state index contributed by atoms with van der Waals surface area (Å²) in [6.07, 6.45) is 0.569. The molecule has 0 aromatic heterocycles. The summed E-state index contributed by atoms with van der Waals surface area (Å²) in [7, 11) is 0. The fraction of sp³-hybridized carbons (Fsp3) is 0.462. The second kappa shape index (κ2) is 5.08. The number of hydrogen-bond donors (Lipinski definition) is 1. The highest BCUT2D eigenvalue weighted by Gasteiger charge is 2.18. The SMILES string of the molecule is CC(=O)CC(C)(C)NCc1ccccc1. The molecule has 15 heavy (non-hydrogen) atoms. The highest BCUT2D eigenvalue weighted by atomic mass is 16.1. The van der Waals surface area contributed by atoms with Gasteiger partial charge in [0.25, 0.3) is 0 Å². The van der Waals surface area contributed by atoms with Crippen LogP contribution in [0.2, 0.25) is 0 Å². The molecular formula is C13H19NO. The Morgan fingerprint density at radius 2 is 1.87 bits per heavy atom. The molecule has 0 atom stereocenters. The molecule has 0 heterocycles. The van der Waals surface area contributed by atoms with Gasteiger partial charge in [-0.2, -0.15) is 0 Å². The summed E-state index contributed by atoms with van der Waals surface area (Å²) in [5.41, 5.74) is 1.12. The van der Waals surface area contributed by atoms with Gasteiger partial charge in [-0.05, 0) is 26.3 Å². The van der Waals surface area contributed by atoms with E-state index in [0.717, 1.165) is 6.54 Å². The van der Waals surface area contributed by atoms with Gasteiger partial charge in [0.15, 0.2) is 0 Å². The first kappa shape index (κ1) is 11.9. The number of rotatable bonds is 5. The third-order valence-electron chi connectivity index (χ3n) is 2.30. The average Bonchev–Trinajstić information content (AvgIpc) is 2.15. The van der Waals surface area contributed by atoms with Gasteiger partial charge in [0, 0.05) is 18.5 Å². The van der Waals surface area contributed by atoms with E-state index in [1.54, 1.807) is 6.92 Å². The molecule has 0 bridgehead atoms. The van der Waals surface area contributed by atoms with Crippen LogP contribution in [-0.2, 0) is 11.3 Å². The fourth-order valence-corrected chi connectivity index (χ4v) is 1.62. The first-order valence-corrected chi connectivity index (χ1v) is 5.28. The molecule has 2 nitrogen and oxygen atoms in total. The molecule has 0 spiro atoms. The van der Waals surface area contributed by atoms with Gasteiger partial charge in [-0.15, -0.1) is 0 Å². The third kappa shape index (κ3) is 4.75. The largest absolute Gasteiger partial charge is 0.307 e. The Kier molecular flexibility index (Phi) is 4.04. The van der Waals surface area contributed by atoms with Crippen molar-refractivity contribution in [3.8, 4) is 0 Å². The van der Waals surface area contributed by atoms with Gasteiger partial charge in [-0.3, -0.25) is 4.79 Å². The molecule has 0 aliphatic carbocycles. The van der Waals surface area contributed by atoms with E-state index >= 15 is 0 Å². The van der Waals surface area contributed by atoms with Gasteiger partial charge in [-0.25, -0.2) is 0 Å². The molecule has 0 amide bonds. The quantitative estimate of drug-likeness (QED) is 0.800. The van der Waals surface area contributed by atoms with Crippen LogP contribution in [0.5, 0.6) is 0 Å². The van der Waals surface area contributed by atoms with Gasteiger partial charge >= 0.3 is 0 Å². The molecule has 1 aromatic rings. The summed E-state index contributed by atoms with van der Waals surface area (Å²) in [5, 5.41) is 3.39. The van der Waals surface area contributed by atoms with E-state index in [4.69, 9.17) is 0 Å². The standard InChI is InChI=1S/C13H19NO/c1-11(15)9-13(2,3)14-10-12-7-5-4-6-8-12/h4-8,14H,9-10H2,1-3H3. The highest BCUT2D eigenvalue weighted by molar-refractivity contribution is 5.76. The monoisotopic (exact) mass is 205 g/mol. The molecule has 0 saturated heterocycles. The summed E-state index contributed by atoms with van der Waals surface area (Å²) >= 11 is 0. The topological polar surface area (TPSA) is 29.1 Å². The minimum atomic E-state index is -0.123. The number of carbonyl (C=O) groups excluding carboxylic acids is 1. The van der Waals surface area contributed by atoms with Crippen molar-refractivity contribution in [2.75, 3.05) is 0 Å². The Labute approximate surface area is 91.7 Å². The zero-order valence-corrected chi connectivity index (χ0v) is 9.71. The van der Waals surface area contributed by atoms with E-state index in [1.165, 1.54) is 5.56 Å². The maximum Gasteiger partial charge on any atom is 0.131 e. The second-order valence-electron chi connectivity index (χ2n) is 4.60. The van der Waals surface area contributed by atoms with E-state index in [0.29, 0.717) is 6.42 Å². The van der Waals surface area contributed by atoms with E-state index < -0.39 is 0 Å². The van der Waals surface area contributed by atoms with Gasteiger partial charge in [-0.1, -0.05) is 30.3 Å². The van der Waals surface area contributed by atoms with Gasteiger partial charge in [0.1, 0.15) is 5.78 Å². The van der Waals surface area contributed by atoms with Gasteiger partial charge in [0.05, 0.1) is 0 Å². The molecular weight excluding hydrogens is 186 g/mol. The van der Waals surface area contributed by atoms with E-state index in [-0.39, 0.29) is 11.3 Å². The van der Waals surface area contributed by atoms with Crippen LogP contribution in [0.1, 0.15) is 32.8 Å². The molecule has 1 rings (SSSR count). The summed E-state index contributed by atoms with van der Waals surface area (Å²) in [6, 6.07) is 10.2. The molecule has 0 aliphatic heterocycles. The molecule has 82 valence electrons. The summed E-state index contributed by atoms with van der Waals surface area (Å²) < 4.78 is 0. The maximum absolute atomic E-state index is 11.0. The van der Waals surface area contributed by atoms with Crippen molar-refractivity contribution in [3.63, 3.8) is 0 Å². The van der Waals surface area contributed by atoms with Gasteiger partial charge in [0.2, 0.25) is 0 Å². The molecule has 2 heteroatoms. The number of nitrogens with one attached hydrogen (secondary N) is 1. The highest BCUT2D eigenvalue weighted by Crippen LogP contribution is 2.10. The predicted octanol–water partition coefficient (Wildman–Crippen LogP) is 2.53. The summed E-state index contributed by atoms with van der Waals surface area (Å²) in [6.45, 7) is 6.54. The Bertz CT molecular complexity index is 317. The van der Waals surface area contributed by atoms with Crippen LogP contribution in [0.15, 0.2) is 30.3 Å². The Morgan fingerprint density at radius 3 is 2.40 bits per heavy atom. The lowest BCUT2D eigenvalue weighted by atomic mass is 9.98. The van der Waals surface area contributed by atoms with Crippen molar-refractivity contribution in [1.29, 1.82) is 0 Å². The Hall–Kier alpha value is -1.15. The minimum absolute atomic E-state index is 0.123. The van der Waals surface area contributed by atoms with Crippen molar-refractivity contribution in [2.24, 2.45) is 0 Å². The lowest BCUT2D eigenvalue weighted by molar-refractivity contribution is -0.118. The first-order valence-electron chi connectivity index (χ1n) is 5.28. The zero-order valence-electron chi connectivity index (χ0n) is 9.71. The van der Waals surface area contributed by atoms with Crippen molar-refractivity contribution < 1.29 is 4.79 Å². The molecule has 1 N–H and O–H groups in total. The predicted molar refractivity (Wildman–Crippen MR) is 62.7 cm³/mol. The molecule has 1 aromatic carbocycles. The number of Topliss-reactive ketones (excluding diaryl/α,β-unsaturated/α-hetero) is 1. The molecule has 0 unspecified atom stereocenters. The number of carbonyl (C=O) groups is 1. The summed E-state index contributed by atoms with van der Waals surface area (Å²) in [5.74, 6) is 0.223. The lowest BCUT2D eigenvalue weighted by Gasteiger charge is -2.25. The lowest BCUT2D eigenvalue weighted by Crippen LogP contribution is -2.40. The van der Waals surface area contributed by atoms with Crippen molar-refractivity contribution in [3.05, 3.63) is 35.9 Å². The van der Waals surface area contributed by atoms with Gasteiger partial charge < -0.3 is 5.32 Å². The molecule has 0 radical (unpaired) electrons. The van der Waals surface area contributed by atoms with E-state index in [9.17, 15) is 4.79 Å². The number of ketones is 1. The molecule has 0 saturated carbocycles. The van der Waals surface area contributed by atoms with Crippen molar-refractivity contribution in [1.82, 2.24) is 5.32 Å². The number of hydrogen-bond acceptors (Lipinski definition) is 2. The smallest absolute Gasteiger partial charge is 0.131 e. The second-order valence-corrected chi connectivity index (χ2v) is 4.60. The van der Waals surface area contributed by atoms with E-state index in [1.807, 2.05) is 18.2 Å². The molecule has 0 aliphatic rings. The number of benzene rings is 1.